The number of aliphatic carboxylic acids is 1. The summed E-state index contributed by atoms with van der Waals surface area (Å²) in [6.45, 7) is 0. The highest BCUT2D eigenvalue weighted by Crippen LogP contribution is 2.10. The first-order chi connectivity index (χ1) is 9.65. The normalized spacial score (nSPS) is 10.4. The van der Waals surface area contributed by atoms with Crippen molar-refractivity contribution in [2.24, 2.45) is 0 Å². The smallest absolute Gasteiger partial charge is 0.328 e. The average Bonchev–Trinajstić information content (AvgIpc) is 2.46. The molecule has 1 aromatic heterocycles. The molecule has 2 N–H and O–H groups in total. The van der Waals surface area contributed by atoms with Gasteiger partial charge in [0, 0.05) is 29.7 Å². The number of nitrogens with zero attached hydrogens (tertiary/aromatic N) is 1. The van der Waals surface area contributed by atoms with Gasteiger partial charge in [0.15, 0.2) is 0 Å². The van der Waals surface area contributed by atoms with Crippen molar-refractivity contribution in [2.45, 2.75) is 0 Å². The van der Waals surface area contributed by atoms with E-state index in [1.54, 1.807) is 48.8 Å². The van der Waals surface area contributed by atoms with Gasteiger partial charge in [0.1, 0.15) is 0 Å². The van der Waals surface area contributed by atoms with E-state index in [0.29, 0.717) is 16.8 Å². The number of benzene rings is 1. The number of amides is 1. The topological polar surface area (TPSA) is 79.3 Å². The second kappa shape index (κ2) is 6.29. The lowest BCUT2D eigenvalue weighted by Gasteiger charge is -2.04. The fourth-order valence-electron chi connectivity index (χ4n) is 1.55. The summed E-state index contributed by atoms with van der Waals surface area (Å²) in [6, 6.07) is 10.0. The maximum absolute atomic E-state index is 11.9. The van der Waals surface area contributed by atoms with E-state index in [2.05, 4.69) is 10.3 Å². The summed E-state index contributed by atoms with van der Waals surface area (Å²) in [4.78, 5) is 26.2. The van der Waals surface area contributed by atoms with Gasteiger partial charge in [-0.3, -0.25) is 9.78 Å². The summed E-state index contributed by atoms with van der Waals surface area (Å²) >= 11 is 0. The summed E-state index contributed by atoms with van der Waals surface area (Å²) in [7, 11) is 0. The van der Waals surface area contributed by atoms with Crippen molar-refractivity contribution < 1.29 is 14.7 Å². The van der Waals surface area contributed by atoms with Crippen molar-refractivity contribution in [3.05, 3.63) is 66.0 Å². The molecule has 0 saturated heterocycles. The minimum Gasteiger partial charge on any atom is -0.478 e. The summed E-state index contributed by atoms with van der Waals surface area (Å²) < 4.78 is 0. The number of carboxylic acids is 1. The van der Waals surface area contributed by atoms with Crippen LogP contribution in [0.2, 0.25) is 0 Å². The Morgan fingerprint density at radius 3 is 2.30 bits per heavy atom. The van der Waals surface area contributed by atoms with E-state index in [1.807, 2.05) is 0 Å². The Bertz CT molecular complexity index is 634. The highest BCUT2D eigenvalue weighted by molar-refractivity contribution is 6.04. The van der Waals surface area contributed by atoms with Crippen molar-refractivity contribution in [3.8, 4) is 0 Å². The molecule has 0 aliphatic carbocycles. The van der Waals surface area contributed by atoms with E-state index in [4.69, 9.17) is 5.11 Å². The second-order valence-electron chi connectivity index (χ2n) is 3.98. The first-order valence-corrected chi connectivity index (χ1v) is 5.87. The van der Waals surface area contributed by atoms with Crippen molar-refractivity contribution in [2.75, 3.05) is 5.32 Å². The zero-order chi connectivity index (χ0) is 14.4. The van der Waals surface area contributed by atoms with E-state index in [0.717, 1.165) is 6.08 Å². The number of carboxylic acid groups (broad SMARTS) is 1. The Morgan fingerprint density at radius 1 is 1.05 bits per heavy atom. The summed E-state index contributed by atoms with van der Waals surface area (Å²) in [5.41, 5.74) is 1.88. The quantitative estimate of drug-likeness (QED) is 0.835. The van der Waals surface area contributed by atoms with E-state index in [9.17, 15) is 9.59 Å². The van der Waals surface area contributed by atoms with Gasteiger partial charge in [0.25, 0.3) is 5.91 Å². The zero-order valence-corrected chi connectivity index (χ0v) is 10.5. The number of carbonyl (C=O) groups is 2. The molecule has 0 aliphatic rings. The van der Waals surface area contributed by atoms with Crippen LogP contribution in [-0.4, -0.2) is 22.0 Å². The molecule has 0 spiro atoms. The SMILES string of the molecule is O=C(O)C=Cc1ccc(C(=O)Nc2ccncc2)cc1. The van der Waals surface area contributed by atoms with Gasteiger partial charge in [-0.15, -0.1) is 0 Å². The number of anilines is 1. The van der Waals surface area contributed by atoms with Gasteiger partial charge in [-0.05, 0) is 35.9 Å². The molecule has 0 saturated carbocycles. The van der Waals surface area contributed by atoms with Gasteiger partial charge < -0.3 is 10.4 Å². The van der Waals surface area contributed by atoms with Crippen LogP contribution in [0, 0.1) is 0 Å². The molecule has 0 fully saturated rings. The monoisotopic (exact) mass is 268 g/mol. The van der Waals surface area contributed by atoms with Crippen LogP contribution < -0.4 is 5.32 Å². The predicted molar refractivity (Wildman–Crippen MR) is 75.3 cm³/mol. The van der Waals surface area contributed by atoms with Crippen LogP contribution in [-0.2, 0) is 4.79 Å². The summed E-state index contributed by atoms with van der Waals surface area (Å²) in [5, 5.41) is 11.3. The van der Waals surface area contributed by atoms with Crippen LogP contribution in [0.25, 0.3) is 6.08 Å². The third-order valence-corrected chi connectivity index (χ3v) is 2.53. The molecule has 5 nitrogen and oxygen atoms in total. The lowest BCUT2D eigenvalue weighted by atomic mass is 10.1. The fourth-order valence-corrected chi connectivity index (χ4v) is 1.55. The van der Waals surface area contributed by atoms with Crippen LogP contribution in [0.1, 0.15) is 15.9 Å². The van der Waals surface area contributed by atoms with Crippen LogP contribution in [0.3, 0.4) is 0 Å². The molecule has 5 heteroatoms. The number of carbonyl (C=O) groups excluding carboxylic acids is 1. The molecule has 2 rings (SSSR count). The number of rotatable bonds is 4. The average molecular weight is 268 g/mol. The molecule has 1 aromatic carbocycles. The van der Waals surface area contributed by atoms with Gasteiger partial charge in [-0.25, -0.2) is 4.79 Å². The zero-order valence-electron chi connectivity index (χ0n) is 10.5. The molecule has 0 bridgehead atoms. The molecular formula is C15H12N2O3. The lowest BCUT2D eigenvalue weighted by Crippen LogP contribution is -2.11. The number of hydrogen-bond donors (Lipinski definition) is 2. The van der Waals surface area contributed by atoms with Crippen molar-refractivity contribution in [1.82, 2.24) is 4.98 Å². The summed E-state index contributed by atoms with van der Waals surface area (Å²) in [5.74, 6) is -1.24. The van der Waals surface area contributed by atoms with Crippen LogP contribution in [0.15, 0.2) is 54.9 Å². The largest absolute Gasteiger partial charge is 0.478 e. The second-order valence-corrected chi connectivity index (χ2v) is 3.98. The highest BCUT2D eigenvalue weighted by Gasteiger charge is 2.05. The third-order valence-electron chi connectivity index (χ3n) is 2.53. The number of hydrogen-bond acceptors (Lipinski definition) is 3. The maximum Gasteiger partial charge on any atom is 0.328 e. The van der Waals surface area contributed by atoms with Gasteiger partial charge in [-0.1, -0.05) is 12.1 Å². The number of aromatic nitrogens is 1. The van der Waals surface area contributed by atoms with Crippen LogP contribution in [0.5, 0.6) is 0 Å². The Hall–Kier alpha value is -2.95. The van der Waals surface area contributed by atoms with Gasteiger partial charge in [-0.2, -0.15) is 0 Å². The molecular weight excluding hydrogens is 256 g/mol. The molecule has 20 heavy (non-hydrogen) atoms. The Kier molecular flexibility index (Phi) is 4.24. The molecule has 2 aromatic rings. The molecule has 1 heterocycles. The predicted octanol–water partition coefficient (Wildman–Crippen LogP) is 2.43. The molecule has 0 aliphatic heterocycles. The Labute approximate surface area is 115 Å². The number of nitrogens with one attached hydrogen (secondary N) is 1. The number of pyridine rings is 1. The van der Waals surface area contributed by atoms with Crippen molar-refractivity contribution in [3.63, 3.8) is 0 Å². The van der Waals surface area contributed by atoms with Gasteiger partial charge in [0.2, 0.25) is 0 Å². The fraction of sp³-hybridized carbons (Fsp3) is 0. The standard InChI is InChI=1S/C15H12N2O3/c18-14(19)6-3-11-1-4-12(5-2-11)15(20)17-13-7-9-16-10-8-13/h1-10H,(H,18,19)(H,16,17,20). The van der Waals surface area contributed by atoms with Crippen LogP contribution >= 0.6 is 0 Å². The van der Waals surface area contributed by atoms with E-state index >= 15 is 0 Å². The van der Waals surface area contributed by atoms with E-state index in [1.165, 1.54) is 6.08 Å². The molecule has 100 valence electrons. The maximum atomic E-state index is 11.9. The van der Waals surface area contributed by atoms with Crippen LogP contribution in [0.4, 0.5) is 5.69 Å². The van der Waals surface area contributed by atoms with Crippen molar-refractivity contribution >= 4 is 23.6 Å². The first-order valence-electron chi connectivity index (χ1n) is 5.87. The minimum atomic E-state index is -1.01. The lowest BCUT2D eigenvalue weighted by molar-refractivity contribution is -0.131. The van der Waals surface area contributed by atoms with E-state index < -0.39 is 5.97 Å². The molecule has 1 amide bonds. The molecule has 0 atom stereocenters. The Morgan fingerprint density at radius 2 is 1.70 bits per heavy atom. The van der Waals surface area contributed by atoms with Gasteiger partial charge in [0.05, 0.1) is 0 Å². The Balaban J connectivity index is 2.06. The summed E-state index contributed by atoms with van der Waals surface area (Å²) in [6.07, 6.45) is 5.70. The van der Waals surface area contributed by atoms with E-state index in [-0.39, 0.29) is 5.91 Å². The highest BCUT2D eigenvalue weighted by atomic mass is 16.4. The minimum absolute atomic E-state index is 0.232. The molecule has 0 radical (unpaired) electrons. The molecule has 0 unspecified atom stereocenters. The third kappa shape index (κ3) is 3.78. The van der Waals surface area contributed by atoms with Gasteiger partial charge >= 0.3 is 5.97 Å². The van der Waals surface area contributed by atoms with Crippen molar-refractivity contribution in [1.29, 1.82) is 0 Å². The first kappa shape index (κ1) is 13.5.